The standard InChI is InChI=1S/C22H24ClN3O6S/c1-31-18-6-8-19(9-7-18)33(29,30)26-14-15-32-22(26)10-12-25(13-11-22)21(28)20(27)24-17-4-2-16(23)3-5-17/h2-9H,10-15H2,1H3,(H,24,27). The van der Waals surface area contributed by atoms with Crippen LogP contribution in [0.1, 0.15) is 12.8 Å². The lowest BCUT2D eigenvalue weighted by Gasteiger charge is -2.42. The zero-order chi connectivity index (χ0) is 23.6. The van der Waals surface area contributed by atoms with Crippen molar-refractivity contribution in [3.63, 3.8) is 0 Å². The molecule has 33 heavy (non-hydrogen) atoms. The van der Waals surface area contributed by atoms with E-state index in [1.807, 2.05) is 0 Å². The first-order valence-corrected chi connectivity index (χ1v) is 12.2. The van der Waals surface area contributed by atoms with Crippen molar-refractivity contribution in [3.8, 4) is 5.75 Å². The van der Waals surface area contributed by atoms with E-state index in [4.69, 9.17) is 21.1 Å². The third-order valence-corrected chi connectivity index (χ3v) is 8.11. The molecule has 0 radical (unpaired) electrons. The molecule has 0 atom stereocenters. The van der Waals surface area contributed by atoms with Crippen LogP contribution in [0.25, 0.3) is 0 Å². The number of piperidine rings is 1. The summed E-state index contributed by atoms with van der Waals surface area (Å²) >= 11 is 5.84. The predicted molar refractivity (Wildman–Crippen MR) is 121 cm³/mol. The van der Waals surface area contributed by atoms with Crippen LogP contribution in [0.2, 0.25) is 5.02 Å². The first kappa shape index (κ1) is 23.5. The molecule has 2 saturated heterocycles. The number of hydrogen-bond donors (Lipinski definition) is 1. The van der Waals surface area contributed by atoms with Crippen LogP contribution in [0.4, 0.5) is 5.69 Å². The maximum absolute atomic E-state index is 13.3. The maximum atomic E-state index is 13.3. The molecule has 176 valence electrons. The number of benzene rings is 2. The number of ether oxygens (including phenoxy) is 2. The molecule has 9 nitrogen and oxygen atoms in total. The fourth-order valence-electron chi connectivity index (χ4n) is 4.12. The van der Waals surface area contributed by atoms with Crippen molar-refractivity contribution < 1.29 is 27.5 Å². The molecule has 11 heteroatoms. The number of halogens is 1. The number of likely N-dealkylation sites (tertiary alicyclic amines) is 1. The average molecular weight is 494 g/mol. The zero-order valence-corrected chi connectivity index (χ0v) is 19.6. The van der Waals surface area contributed by atoms with E-state index < -0.39 is 27.6 Å². The SMILES string of the molecule is COc1ccc(S(=O)(=O)N2CCOC23CCN(C(=O)C(=O)Nc2ccc(Cl)cc2)CC3)cc1. The largest absolute Gasteiger partial charge is 0.497 e. The van der Waals surface area contributed by atoms with Crippen LogP contribution in [0.15, 0.2) is 53.4 Å². The first-order chi connectivity index (χ1) is 15.7. The van der Waals surface area contributed by atoms with Gasteiger partial charge >= 0.3 is 11.8 Å². The number of methoxy groups -OCH3 is 1. The number of nitrogens with zero attached hydrogens (tertiary/aromatic N) is 2. The highest BCUT2D eigenvalue weighted by Gasteiger charge is 2.51. The zero-order valence-electron chi connectivity index (χ0n) is 18.0. The monoisotopic (exact) mass is 493 g/mol. The fraction of sp³-hybridized carbons (Fsp3) is 0.364. The van der Waals surface area contributed by atoms with E-state index in [9.17, 15) is 18.0 Å². The molecule has 2 heterocycles. The molecule has 0 bridgehead atoms. The molecular weight excluding hydrogens is 470 g/mol. The second-order valence-corrected chi connectivity index (χ2v) is 10.1. The minimum absolute atomic E-state index is 0.147. The third-order valence-electron chi connectivity index (χ3n) is 5.90. The van der Waals surface area contributed by atoms with Gasteiger partial charge in [0, 0.05) is 43.2 Å². The number of sulfonamides is 1. The van der Waals surface area contributed by atoms with Gasteiger partial charge in [0.1, 0.15) is 11.5 Å². The van der Waals surface area contributed by atoms with Gasteiger partial charge in [-0.25, -0.2) is 8.42 Å². The Morgan fingerprint density at radius 2 is 1.67 bits per heavy atom. The van der Waals surface area contributed by atoms with Gasteiger partial charge in [-0.3, -0.25) is 9.59 Å². The first-order valence-electron chi connectivity index (χ1n) is 10.4. The van der Waals surface area contributed by atoms with Gasteiger partial charge < -0.3 is 19.7 Å². The molecule has 2 aromatic carbocycles. The molecule has 2 aliphatic rings. The Morgan fingerprint density at radius 1 is 1.03 bits per heavy atom. The molecule has 4 rings (SSSR count). The molecule has 0 saturated carbocycles. The van der Waals surface area contributed by atoms with E-state index in [0.29, 0.717) is 16.5 Å². The molecule has 2 amide bonds. The fourth-order valence-corrected chi connectivity index (χ4v) is 5.97. The van der Waals surface area contributed by atoms with E-state index in [0.717, 1.165) is 0 Å². The van der Waals surface area contributed by atoms with Gasteiger partial charge in [0.05, 0.1) is 18.6 Å². The van der Waals surface area contributed by atoms with Gasteiger partial charge in [-0.2, -0.15) is 4.31 Å². The van der Waals surface area contributed by atoms with Gasteiger partial charge in [-0.15, -0.1) is 0 Å². The lowest BCUT2D eigenvalue weighted by atomic mass is 10.0. The van der Waals surface area contributed by atoms with Crippen LogP contribution in [0, 0.1) is 0 Å². The number of rotatable bonds is 4. The Hall–Kier alpha value is -2.66. The van der Waals surface area contributed by atoms with E-state index in [-0.39, 0.29) is 44.0 Å². The number of carbonyl (C=O) groups excluding carboxylic acids is 2. The molecule has 0 aliphatic carbocycles. The molecule has 0 aromatic heterocycles. The number of carbonyl (C=O) groups is 2. The number of hydrogen-bond acceptors (Lipinski definition) is 6. The van der Waals surface area contributed by atoms with Gasteiger partial charge in [-0.1, -0.05) is 11.6 Å². The molecule has 1 N–H and O–H groups in total. The molecule has 2 fully saturated rings. The second kappa shape index (κ2) is 9.30. The van der Waals surface area contributed by atoms with Crippen LogP contribution >= 0.6 is 11.6 Å². The molecule has 1 spiro atoms. The number of amides is 2. The third kappa shape index (κ3) is 4.70. The minimum Gasteiger partial charge on any atom is -0.497 e. The highest BCUT2D eigenvalue weighted by Crippen LogP contribution is 2.38. The van der Waals surface area contributed by atoms with Crippen molar-refractivity contribution in [3.05, 3.63) is 53.6 Å². The van der Waals surface area contributed by atoms with Crippen LogP contribution in [-0.4, -0.2) is 68.5 Å². The van der Waals surface area contributed by atoms with Crippen molar-refractivity contribution in [1.29, 1.82) is 0 Å². The van der Waals surface area contributed by atoms with Crippen molar-refractivity contribution in [2.75, 3.05) is 38.7 Å². The lowest BCUT2D eigenvalue weighted by Crippen LogP contribution is -2.56. The van der Waals surface area contributed by atoms with Gasteiger partial charge in [0.25, 0.3) is 0 Å². The smallest absolute Gasteiger partial charge is 0.313 e. The van der Waals surface area contributed by atoms with E-state index in [1.54, 1.807) is 36.4 Å². The Labute approximate surface area is 197 Å². The average Bonchev–Trinajstić information content (AvgIpc) is 3.24. The van der Waals surface area contributed by atoms with Crippen LogP contribution < -0.4 is 10.1 Å². The highest BCUT2D eigenvalue weighted by molar-refractivity contribution is 7.89. The second-order valence-electron chi connectivity index (χ2n) is 7.80. The summed E-state index contributed by atoms with van der Waals surface area (Å²) in [6.45, 7) is 0.878. The summed E-state index contributed by atoms with van der Waals surface area (Å²) in [5, 5.41) is 3.07. The summed E-state index contributed by atoms with van der Waals surface area (Å²) < 4.78 is 39.0. The van der Waals surface area contributed by atoms with Crippen molar-refractivity contribution >= 4 is 39.1 Å². The van der Waals surface area contributed by atoms with Crippen LogP contribution in [0.3, 0.4) is 0 Å². The molecular formula is C22H24ClN3O6S. The minimum atomic E-state index is -3.81. The summed E-state index contributed by atoms with van der Waals surface area (Å²) in [5.74, 6) is -0.879. The summed E-state index contributed by atoms with van der Waals surface area (Å²) in [6, 6.07) is 12.6. The van der Waals surface area contributed by atoms with Gasteiger partial charge in [0.2, 0.25) is 10.0 Å². The van der Waals surface area contributed by atoms with Crippen molar-refractivity contribution in [2.24, 2.45) is 0 Å². The molecule has 2 aromatic rings. The quantitative estimate of drug-likeness (QED) is 0.655. The Bertz CT molecular complexity index is 1130. The summed E-state index contributed by atoms with van der Waals surface area (Å²) in [5.41, 5.74) is -0.579. The Kier molecular flexibility index (Phi) is 6.62. The summed E-state index contributed by atoms with van der Waals surface area (Å²) in [7, 11) is -2.30. The van der Waals surface area contributed by atoms with Crippen molar-refractivity contribution in [1.82, 2.24) is 9.21 Å². The number of anilines is 1. The van der Waals surface area contributed by atoms with E-state index in [1.165, 1.54) is 28.4 Å². The van der Waals surface area contributed by atoms with E-state index in [2.05, 4.69) is 5.32 Å². The normalized spacial score (nSPS) is 18.3. The van der Waals surface area contributed by atoms with E-state index >= 15 is 0 Å². The van der Waals surface area contributed by atoms with Gasteiger partial charge in [-0.05, 0) is 48.5 Å². The van der Waals surface area contributed by atoms with Gasteiger partial charge in [0.15, 0.2) is 0 Å². The van der Waals surface area contributed by atoms with Crippen molar-refractivity contribution in [2.45, 2.75) is 23.5 Å². The Morgan fingerprint density at radius 3 is 2.27 bits per heavy atom. The van der Waals surface area contributed by atoms with Crippen LogP contribution in [-0.2, 0) is 24.3 Å². The molecule has 0 unspecified atom stereocenters. The topological polar surface area (TPSA) is 105 Å². The predicted octanol–water partition coefficient (Wildman–Crippen LogP) is 2.33. The van der Waals surface area contributed by atoms with Crippen LogP contribution in [0.5, 0.6) is 5.75 Å². The number of nitrogens with one attached hydrogen (secondary N) is 1. The summed E-state index contributed by atoms with van der Waals surface area (Å²) in [6.07, 6.45) is 0.532. The lowest BCUT2D eigenvalue weighted by molar-refractivity contribution is -0.148. The maximum Gasteiger partial charge on any atom is 0.313 e. The molecule has 2 aliphatic heterocycles. The Balaban J connectivity index is 1.43. The highest BCUT2D eigenvalue weighted by atomic mass is 35.5. The summed E-state index contributed by atoms with van der Waals surface area (Å²) in [4.78, 5) is 26.6.